The van der Waals surface area contributed by atoms with Crippen LogP contribution in [0.1, 0.15) is 12.0 Å². The number of nitrogens with zero attached hydrogens (tertiary/aromatic N) is 2. The summed E-state index contributed by atoms with van der Waals surface area (Å²) in [7, 11) is 0. The van der Waals surface area contributed by atoms with Gasteiger partial charge in [0, 0.05) is 17.7 Å². The molecule has 6 heteroatoms. The van der Waals surface area contributed by atoms with E-state index in [1.54, 1.807) is 48.6 Å². The van der Waals surface area contributed by atoms with Crippen molar-refractivity contribution >= 4 is 29.3 Å². The van der Waals surface area contributed by atoms with Gasteiger partial charge >= 0.3 is 0 Å². The Balaban J connectivity index is 1.79. The van der Waals surface area contributed by atoms with E-state index in [1.165, 1.54) is 17.1 Å². The molecular weight excluding hydrogens is 356 g/mol. The third-order valence-corrected chi connectivity index (χ3v) is 4.99. The van der Waals surface area contributed by atoms with Gasteiger partial charge in [0.25, 0.3) is 17.7 Å². The standard InChI is InChI=1S/C22H16N2O4/c1-14-9-11-22(12-10-14,24-20(27)13-15(2)21(24)28)16-3-5-17(6-4-16)23-18(25)7-8-19(23)26/h3-12H,1-2,13H2. The lowest BCUT2D eigenvalue weighted by molar-refractivity contribution is -0.142. The summed E-state index contributed by atoms with van der Waals surface area (Å²) in [5.41, 5.74) is 0.913. The van der Waals surface area contributed by atoms with Gasteiger partial charge in [0.05, 0.1) is 12.1 Å². The number of allylic oxidation sites excluding steroid dienone is 3. The number of benzene rings is 1. The molecule has 138 valence electrons. The van der Waals surface area contributed by atoms with Crippen LogP contribution in [0.15, 0.2) is 85.0 Å². The fraction of sp³-hybridized carbons (Fsp3) is 0.0909. The summed E-state index contributed by atoms with van der Waals surface area (Å²) < 4.78 is 0. The second-order valence-corrected chi connectivity index (χ2v) is 6.77. The largest absolute Gasteiger partial charge is 0.274 e. The lowest BCUT2D eigenvalue weighted by Crippen LogP contribution is -2.47. The van der Waals surface area contributed by atoms with Crippen molar-refractivity contribution in [3.8, 4) is 0 Å². The topological polar surface area (TPSA) is 74.8 Å². The zero-order valence-corrected chi connectivity index (χ0v) is 14.9. The number of rotatable bonds is 3. The highest BCUT2D eigenvalue weighted by molar-refractivity contribution is 6.28. The van der Waals surface area contributed by atoms with Crippen molar-refractivity contribution in [1.29, 1.82) is 0 Å². The van der Waals surface area contributed by atoms with Crippen LogP contribution in [0.5, 0.6) is 0 Å². The zero-order valence-electron chi connectivity index (χ0n) is 14.9. The Morgan fingerprint density at radius 3 is 1.89 bits per heavy atom. The fourth-order valence-corrected chi connectivity index (χ4v) is 3.57. The highest BCUT2D eigenvalue weighted by Crippen LogP contribution is 2.40. The van der Waals surface area contributed by atoms with Crippen molar-refractivity contribution in [2.45, 2.75) is 12.0 Å². The predicted octanol–water partition coefficient (Wildman–Crippen LogP) is 2.31. The fourth-order valence-electron chi connectivity index (χ4n) is 3.57. The Bertz CT molecular complexity index is 1020. The minimum atomic E-state index is -1.12. The van der Waals surface area contributed by atoms with Crippen molar-refractivity contribution in [1.82, 2.24) is 4.90 Å². The summed E-state index contributed by atoms with van der Waals surface area (Å²) in [6.07, 6.45) is 9.37. The first kappa shape index (κ1) is 17.6. The quantitative estimate of drug-likeness (QED) is 0.603. The Hall–Kier alpha value is -3.80. The Labute approximate surface area is 161 Å². The lowest BCUT2D eigenvalue weighted by Gasteiger charge is -2.37. The molecule has 1 aliphatic carbocycles. The maximum Gasteiger partial charge on any atom is 0.258 e. The molecule has 4 amide bonds. The van der Waals surface area contributed by atoms with Gasteiger partial charge in [-0.25, -0.2) is 4.90 Å². The normalized spacial score (nSPS) is 20.9. The first-order valence-electron chi connectivity index (χ1n) is 8.63. The highest BCUT2D eigenvalue weighted by atomic mass is 16.2. The second-order valence-electron chi connectivity index (χ2n) is 6.77. The average Bonchev–Trinajstić information content (AvgIpc) is 3.14. The van der Waals surface area contributed by atoms with Crippen LogP contribution in [-0.2, 0) is 24.7 Å². The minimum absolute atomic E-state index is 0.0241. The Kier molecular flexibility index (Phi) is 3.85. The number of amides is 4. The van der Waals surface area contributed by atoms with Gasteiger partial charge in [0.15, 0.2) is 0 Å². The van der Waals surface area contributed by atoms with E-state index in [9.17, 15) is 19.2 Å². The van der Waals surface area contributed by atoms with E-state index in [0.717, 1.165) is 10.5 Å². The molecule has 28 heavy (non-hydrogen) atoms. The molecule has 1 fully saturated rings. The van der Waals surface area contributed by atoms with E-state index in [4.69, 9.17) is 0 Å². The zero-order chi connectivity index (χ0) is 20.1. The average molecular weight is 372 g/mol. The van der Waals surface area contributed by atoms with Crippen LogP contribution in [0.3, 0.4) is 0 Å². The molecule has 0 N–H and O–H groups in total. The number of likely N-dealkylation sites (tertiary alicyclic amines) is 1. The van der Waals surface area contributed by atoms with Crippen LogP contribution in [0.2, 0.25) is 0 Å². The van der Waals surface area contributed by atoms with Gasteiger partial charge in [0.2, 0.25) is 5.91 Å². The number of imide groups is 2. The highest BCUT2D eigenvalue weighted by Gasteiger charge is 2.46. The Morgan fingerprint density at radius 1 is 0.821 bits per heavy atom. The third-order valence-electron chi connectivity index (χ3n) is 4.99. The van der Waals surface area contributed by atoms with Crippen molar-refractivity contribution < 1.29 is 19.2 Å². The molecular formula is C22H16N2O4. The summed E-state index contributed by atoms with van der Waals surface area (Å²) in [5, 5.41) is 0. The van der Waals surface area contributed by atoms with Crippen LogP contribution in [0.25, 0.3) is 0 Å². The number of carbonyl (C=O) groups excluding carboxylic acids is 4. The van der Waals surface area contributed by atoms with Gasteiger partial charge in [-0.2, -0.15) is 0 Å². The third kappa shape index (κ3) is 2.50. The maximum absolute atomic E-state index is 12.6. The summed E-state index contributed by atoms with van der Waals surface area (Å²) in [6.45, 7) is 7.56. The summed E-state index contributed by atoms with van der Waals surface area (Å²) in [5.74, 6) is -1.59. The maximum atomic E-state index is 12.6. The number of hydrogen-bond donors (Lipinski definition) is 0. The summed E-state index contributed by atoms with van der Waals surface area (Å²) in [6, 6.07) is 6.62. The van der Waals surface area contributed by atoms with Gasteiger partial charge in [-0.1, -0.05) is 37.4 Å². The minimum Gasteiger partial charge on any atom is -0.274 e. The van der Waals surface area contributed by atoms with Crippen molar-refractivity contribution in [2.24, 2.45) is 0 Å². The van der Waals surface area contributed by atoms with Gasteiger partial charge in [-0.3, -0.25) is 24.1 Å². The molecule has 0 saturated carbocycles. The van der Waals surface area contributed by atoms with Gasteiger partial charge < -0.3 is 0 Å². The van der Waals surface area contributed by atoms with Crippen LogP contribution < -0.4 is 4.90 Å². The molecule has 0 spiro atoms. The van der Waals surface area contributed by atoms with Crippen LogP contribution in [-0.4, -0.2) is 28.5 Å². The first-order valence-corrected chi connectivity index (χ1v) is 8.63. The molecule has 3 aliphatic rings. The summed E-state index contributed by atoms with van der Waals surface area (Å²) >= 11 is 0. The lowest BCUT2D eigenvalue weighted by atomic mass is 9.83. The van der Waals surface area contributed by atoms with Crippen LogP contribution >= 0.6 is 0 Å². The molecule has 0 atom stereocenters. The number of anilines is 1. The van der Waals surface area contributed by atoms with E-state index < -0.39 is 23.3 Å². The summed E-state index contributed by atoms with van der Waals surface area (Å²) in [4.78, 5) is 51.2. The predicted molar refractivity (Wildman–Crippen MR) is 103 cm³/mol. The molecule has 1 saturated heterocycles. The molecule has 0 radical (unpaired) electrons. The van der Waals surface area contributed by atoms with Gasteiger partial charge in [0.1, 0.15) is 5.54 Å². The number of carbonyl (C=O) groups is 4. The molecule has 1 aromatic rings. The molecule has 1 aromatic carbocycles. The van der Waals surface area contributed by atoms with E-state index in [1.807, 2.05) is 0 Å². The van der Waals surface area contributed by atoms with Crippen molar-refractivity contribution in [3.63, 3.8) is 0 Å². The monoisotopic (exact) mass is 372 g/mol. The van der Waals surface area contributed by atoms with E-state index >= 15 is 0 Å². The van der Waals surface area contributed by atoms with Crippen LogP contribution in [0.4, 0.5) is 5.69 Å². The van der Waals surface area contributed by atoms with E-state index in [2.05, 4.69) is 13.2 Å². The van der Waals surface area contributed by atoms with Crippen molar-refractivity contribution in [3.05, 3.63) is 90.6 Å². The van der Waals surface area contributed by atoms with Gasteiger partial charge in [-0.05, 0) is 35.4 Å². The van der Waals surface area contributed by atoms with E-state index in [0.29, 0.717) is 11.3 Å². The smallest absolute Gasteiger partial charge is 0.258 e. The SMILES string of the molecule is C=C1C=CC(c2ccc(N3C(=O)C=CC3=O)cc2)(N2C(=O)CC(=C)C2=O)C=C1. The van der Waals surface area contributed by atoms with Crippen LogP contribution in [0, 0.1) is 0 Å². The van der Waals surface area contributed by atoms with Crippen molar-refractivity contribution in [2.75, 3.05) is 4.90 Å². The molecule has 0 unspecified atom stereocenters. The number of hydrogen-bond acceptors (Lipinski definition) is 4. The van der Waals surface area contributed by atoms with E-state index in [-0.39, 0.29) is 17.9 Å². The molecule has 2 heterocycles. The molecule has 0 aromatic heterocycles. The molecule has 4 rings (SSSR count). The first-order chi connectivity index (χ1) is 13.3. The molecule has 6 nitrogen and oxygen atoms in total. The second kappa shape index (κ2) is 6.13. The van der Waals surface area contributed by atoms with Gasteiger partial charge in [-0.15, -0.1) is 0 Å². The Morgan fingerprint density at radius 2 is 1.39 bits per heavy atom. The molecule has 0 bridgehead atoms. The molecule has 2 aliphatic heterocycles.